The van der Waals surface area contributed by atoms with Gasteiger partial charge in [-0.15, -0.1) is 0 Å². The van der Waals surface area contributed by atoms with Crippen LogP contribution < -0.4 is 0 Å². The van der Waals surface area contributed by atoms with Crippen LogP contribution in [0, 0.1) is 0 Å². The molecule has 1 aliphatic rings. The maximum absolute atomic E-state index is 4.81. The summed E-state index contributed by atoms with van der Waals surface area (Å²) in [6.07, 6.45) is 0. The van der Waals surface area contributed by atoms with Crippen molar-refractivity contribution in [1.29, 1.82) is 0 Å². The molecule has 4 heteroatoms. The number of hydrogen-bond donors (Lipinski definition) is 0. The first-order chi connectivity index (χ1) is 15.0. The number of rotatable bonds is 2. The normalized spacial score (nSPS) is 10.3. The van der Waals surface area contributed by atoms with Gasteiger partial charge in [0.05, 0.1) is 0 Å². The van der Waals surface area contributed by atoms with E-state index >= 15 is 0 Å². The van der Waals surface area contributed by atoms with Crippen molar-refractivity contribution >= 4 is 15.7 Å². The number of benzene rings is 2. The minimum atomic E-state index is 0.160. The topological polar surface area (TPSA) is 18.5 Å². The average molecular weight is 426 g/mol. The van der Waals surface area contributed by atoms with Crippen LogP contribution in [0.1, 0.15) is 80.4 Å². The molecule has 0 unspecified atom stereocenters. The molecule has 4 radical (unpaired) electrons. The van der Waals surface area contributed by atoms with E-state index in [1.165, 1.54) is 22.3 Å². The molecule has 2 aromatic carbocycles. The fraction of sp³-hybridized carbons (Fsp3) is 0.556. The molecule has 0 fully saturated rings. The van der Waals surface area contributed by atoms with Gasteiger partial charge < -0.3 is 9.47 Å². The van der Waals surface area contributed by atoms with Crippen molar-refractivity contribution in [3.05, 3.63) is 59.7 Å². The molecule has 0 atom stereocenters. The van der Waals surface area contributed by atoms with Crippen molar-refractivity contribution in [2.24, 2.45) is 0 Å². The van der Waals surface area contributed by atoms with Crippen LogP contribution in [-0.2, 0) is 14.9 Å². The Morgan fingerprint density at radius 3 is 1.03 bits per heavy atom. The van der Waals surface area contributed by atoms with Crippen LogP contribution in [0.5, 0.6) is 0 Å². The van der Waals surface area contributed by atoms with Crippen LogP contribution in [0.4, 0.5) is 0 Å². The minimum absolute atomic E-state index is 0.160. The molecule has 0 amide bonds. The molecule has 0 saturated heterocycles. The zero-order chi connectivity index (χ0) is 25.3. The zero-order valence-electron chi connectivity index (χ0n) is 22.5. The summed E-state index contributed by atoms with van der Waals surface area (Å²) in [6.45, 7) is 21.2. The predicted octanol–water partition coefficient (Wildman–Crippen LogP) is 7.62. The third kappa shape index (κ3) is 13.5. The van der Waals surface area contributed by atoms with Crippen LogP contribution in [0.2, 0.25) is 0 Å². The van der Waals surface area contributed by atoms with Crippen molar-refractivity contribution in [1.82, 2.24) is 0 Å². The highest BCUT2D eigenvalue weighted by atomic mass is 16.5. The summed E-state index contributed by atoms with van der Waals surface area (Å²) in [5.41, 5.74) is 5.86. The van der Waals surface area contributed by atoms with Gasteiger partial charge >= 0.3 is 0 Å². The lowest BCUT2D eigenvalue weighted by molar-refractivity contribution is 0.254. The van der Waals surface area contributed by atoms with E-state index in [2.05, 4.69) is 71.9 Å². The summed E-state index contributed by atoms with van der Waals surface area (Å²) in [7, 11) is 12.7. The third-order valence-electron chi connectivity index (χ3n) is 3.82. The number of ether oxygens (including phenoxy) is 2. The molecule has 0 aromatic heterocycles. The van der Waals surface area contributed by atoms with Gasteiger partial charge in [-0.2, -0.15) is 0 Å². The molecule has 0 bridgehead atoms. The van der Waals surface area contributed by atoms with E-state index in [0.717, 1.165) is 0 Å². The quantitative estimate of drug-likeness (QED) is 0.460. The summed E-state index contributed by atoms with van der Waals surface area (Å²) < 4.78 is 8.64. The van der Waals surface area contributed by atoms with Gasteiger partial charge in [-0.25, -0.2) is 0 Å². The lowest BCUT2D eigenvalue weighted by Gasteiger charge is -2.20. The lowest BCUT2D eigenvalue weighted by atomic mass is 9.82. The SMILES string of the molecule is CC.CC.CC.CC.CC1(C)c2ccccc2-c2ccccc21.[B]COC.[B]COC. The van der Waals surface area contributed by atoms with E-state index in [1.54, 1.807) is 14.2 Å². The summed E-state index contributed by atoms with van der Waals surface area (Å²) in [6, 6.07) is 17.4. The van der Waals surface area contributed by atoms with Crippen molar-refractivity contribution in [2.45, 2.75) is 74.7 Å². The molecule has 0 aliphatic heterocycles. The summed E-state index contributed by atoms with van der Waals surface area (Å²) in [5, 5.41) is 0. The first kappa shape index (κ1) is 36.8. The number of methoxy groups -OCH3 is 2. The van der Waals surface area contributed by atoms with E-state index < -0.39 is 0 Å². The Labute approximate surface area is 198 Å². The Balaban J connectivity index is -0.000000192. The summed E-state index contributed by atoms with van der Waals surface area (Å²) in [5.74, 6) is 0. The number of hydrogen-bond acceptors (Lipinski definition) is 2. The molecule has 174 valence electrons. The molecule has 0 spiro atoms. The Morgan fingerprint density at radius 2 is 0.806 bits per heavy atom. The van der Waals surface area contributed by atoms with E-state index in [-0.39, 0.29) is 5.41 Å². The zero-order valence-corrected chi connectivity index (χ0v) is 22.5. The van der Waals surface area contributed by atoms with Gasteiger partial charge in [-0.3, -0.25) is 0 Å². The maximum Gasteiger partial charge on any atom is 0.104 e. The fourth-order valence-corrected chi connectivity index (χ4v) is 2.67. The molecular formula is C27H48B2O2. The van der Waals surface area contributed by atoms with Crippen LogP contribution in [0.25, 0.3) is 11.1 Å². The van der Waals surface area contributed by atoms with Gasteiger partial charge in [0.15, 0.2) is 0 Å². The highest BCUT2D eigenvalue weighted by molar-refractivity contribution is 6.08. The van der Waals surface area contributed by atoms with E-state index in [4.69, 9.17) is 15.7 Å². The van der Waals surface area contributed by atoms with Crippen molar-refractivity contribution < 1.29 is 9.47 Å². The summed E-state index contributed by atoms with van der Waals surface area (Å²) in [4.78, 5) is 0. The van der Waals surface area contributed by atoms with Gasteiger partial charge in [0.25, 0.3) is 0 Å². The minimum Gasteiger partial charge on any atom is -0.394 e. The van der Waals surface area contributed by atoms with Crippen molar-refractivity contribution in [3.63, 3.8) is 0 Å². The Kier molecular flexibility index (Phi) is 31.5. The smallest absolute Gasteiger partial charge is 0.104 e. The average Bonchev–Trinajstić information content (AvgIpc) is 3.12. The van der Waals surface area contributed by atoms with Gasteiger partial charge in [-0.1, -0.05) is 118 Å². The van der Waals surface area contributed by atoms with Crippen LogP contribution in [-0.4, -0.2) is 42.9 Å². The third-order valence-corrected chi connectivity index (χ3v) is 3.82. The van der Waals surface area contributed by atoms with Gasteiger partial charge in [0.1, 0.15) is 15.7 Å². The molecule has 0 heterocycles. The lowest BCUT2D eigenvalue weighted by Crippen LogP contribution is -2.14. The molecule has 0 N–H and O–H groups in total. The second-order valence-electron chi connectivity index (χ2n) is 5.63. The van der Waals surface area contributed by atoms with Gasteiger partial charge in [-0.05, 0) is 22.3 Å². The second kappa shape index (κ2) is 26.5. The Morgan fingerprint density at radius 1 is 0.581 bits per heavy atom. The largest absolute Gasteiger partial charge is 0.394 e. The molecule has 0 saturated carbocycles. The first-order valence-electron chi connectivity index (χ1n) is 11.6. The molecule has 3 rings (SSSR count). The number of fused-ring (bicyclic) bond motifs is 3. The van der Waals surface area contributed by atoms with E-state index in [9.17, 15) is 0 Å². The fourth-order valence-electron chi connectivity index (χ4n) is 2.67. The Bertz CT molecular complexity index is 544. The maximum atomic E-state index is 4.81. The molecule has 2 aromatic rings. The van der Waals surface area contributed by atoms with Gasteiger partial charge in [0.2, 0.25) is 0 Å². The van der Waals surface area contributed by atoms with E-state index in [1.807, 2.05) is 55.4 Å². The molecular weight excluding hydrogens is 378 g/mol. The van der Waals surface area contributed by atoms with E-state index in [0.29, 0.717) is 13.0 Å². The summed E-state index contributed by atoms with van der Waals surface area (Å²) >= 11 is 0. The highest BCUT2D eigenvalue weighted by Crippen LogP contribution is 2.47. The predicted molar refractivity (Wildman–Crippen MR) is 145 cm³/mol. The molecule has 2 nitrogen and oxygen atoms in total. The molecule has 31 heavy (non-hydrogen) atoms. The van der Waals surface area contributed by atoms with Crippen LogP contribution in [0.3, 0.4) is 0 Å². The standard InChI is InChI=1S/C15H14.2C2H5BO.4C2H6/c1-15(2)13-9-5-3-7-11(13)12-8-4-6-10-14(12)15;2*1-4-2-3;4*1-2/h3-10H,1-2H3;2*2H2,1H3;4*1-2H3. The van der Waals surface area contributed by atoms with Crippen LogP contribution in [0.15, 0.2) is 48.5 Å². The van der Waals surface area contributed by atoms with Crippen molar-refractivity contribution in [2.75, 3.05) is 27.2 Å². The Hall–Kier alpha value is -1.51. The first-order valence-corrected chi connectivity index (χ1v) is 11.6. The molecule has 1 aliphatic carbocycles. The monoisotopic (exact) mass is 426 g/mol. The highest BCUT2D eigenvalue weighted by Gasteiger charge is 2.34. The van der Waals surface area contributed by atoms with Crippen molar-refractivity contribution in [3.8, 4) is 11.1 Å². The second-order valence-corrected chi connectivity index (χ2v) is 5.63. The van der Waals surface area contributed by atoms with Crippen LogP contribution >= 0.6 is 0 Å². The van der Waals surface area contributed by atoms with Gasteiger partial charge in [0, 0.05) is 32.6 Å².